The first kappa shape index (κ1) is 14.4. The summed E-state index contributed by atoms with van der Waals surface area (Å²) < 4.78 is 41.7. The minimum Gasteiger partial charge on any atom is -0.530 e. The Kier molecular flexibility index (Phi) is 3.95. The number of likely N-dealkylation sites (tertiary alicyclic amines) is 1. The maximum atomic E-state index is 14.0. The fourth-order valence-electron chi connectivity index (χ4n) is 2.15. The zero-order valence-electron chi connectivity index (χ0n) is 9.70. The zero-order chi connectivity index (χ0) is 14.0. The molecule has 0 saturated carbocycles. The van der Waals surface area contributed by atoms with E-state index >= 15 is 0 Å². The van der Waals surface area contributed by atoms with Gasteiger partial charge in [-0.1, -0.05) is 13.3 Å². The van der Waals surface area contributed by atoms with Gasteiger partial charge in [0.05, 0.1) is 0 Å². The van der Waals surface area contributed by atoms with Crippen molar-refractivity contribution in [2.24, 2.45) is 5.11 Å². The maximum Gasteiger partial charge on any atom is 0.311 e. The topological polar surface area (TPSA) is 93.7 Å². The number of halogens is 3. The number of hydrogen-bond acceptors (Lipinski definition) is 4. The molecule has 0 radical (unpaired) electrons. The number of nitrogens with one attached hydrogen (secondary N) is 1. The largest absolute Gasteiger partial charge is 0.530 e. The molecule has 18 heavy (non-hydrogen) atoms. The summed E-state index contributed by atoms with van der Waals surface area (Å²) in [6, 6.07) is 0. The number of carbonyl (C=O) groups excluding carboxylic acids is 1. The first-order chi connectivity index (χ1) is 8.33. The van der Waals surface area contributed by atoms with Crippen molar-refractivity contribution in [3.63, 3.8) is 0 Å². The normalized spacial score (nSPS) is 27.7. The Labute approximate surface area is 101 Å². The first-order valence-corrected chi connectivity index (χ1v) is 5.42. The van der Waals surface area contributed by atoms with Crippen LogP contribution < -0.4 is 10.0 Å². The maximum absolute atomic E-state index is 14.0. The molecule has 1 fully saturated rings. The standard InChI is InChI=1S/C9H13F3N4O2/c1-2-3-6(10)9(14-15-13)8(11,12)4-5-16(9)7(17)18/h6,13H,2-5H2,1H3. The molecule has 9 heteroatoms. The number of alkyl halides is 3. The Morgan fingerprint density at radius 2 is 2.28 bits per heavy atom. The van der Waals surface area contributed by atoms with Crippen molar-refractivity contribution < 1.29 is 23.1 Å². The summed E-state index contributed by atoms with van der Waals surface area (Å²) in [5.41, 5.74) is 3.58. The van der Waals surface area contributed by atoms with Crippen LogP contribution in [0.3, 0.4) is 0 Å². The molecular formula is C9H13F3N4O2. The Morgan fingerprint density at radius 1 is 1.67 bits per heavy atom. The molecule has 0 aromatic carbocycles. The molecule has 0 aromatic rings. The molecule has 102 valence electrons. The molecule has 1 amide bonds. The molecule has 2 unspecified atom stereocenters. The number of rotatable bonds is 4. The van der Waals surface area contributed by atoms with E-state index in [1.165, 1.54) is 0 Å². The van der Waals surface area contributed by atoms with E-state index in [1.807, 2.05) is 0 Å². The Morgan fingerprint density at radius 3 is 2.72 bits per heavy atom. The van der Waals surface area contributed by atoms with Crippen molar-refractivity contribution in [2.75, 3.05) is 6.54 Å². The van der Waals surface area contributed by atoms with Crippen LogP contribution in [0.1, 0.15) is 26.2 Å². The van der Waals surface area contributed by atoms with Crippen molar-refractivity contribution in [3.8, 4) is 0 Å². The Balaban J connectivity index is 3.33. The molecule has 1 N–H and O–H groups in total. The lowest BCUT2D eigenvalue weighted by Gasteiger charge is -2.36. The summed E-state index contributed by atoms with van der Waals surface area (Å²) in [5.74, 6) is -3.72. The summed E-state index contributed by atoms with van der Waals surface area (Å²) in [6.45, 7) is 0.965. The molecule has 0 spiro atoms. The van der Waals surface area contributed by atoms with Crippen LogP contribution >= 0.6 is 0 Å². The van der Waals surface area contributed by atoms with Crippen LogP contribution in [-0.2, 0) is 0 Å². The molecule has 2 atom stereocenters. The fraction of sp³-hybridized carbons (Fsp3) is 0.889. The molecule has 1 aliphatic rings. The second-order valence-electron chi connectivity index (χ2n) is 4.05. The predicted molar refractivity (Wildman–Crippen MR) is 51.5 cm³/mol. The highest BCUT2D eigenvalue weighted by Crippen LogP contribution is 2.47. The van der Waals surface area contributed by atoms with Gasteiger partial charge in [0.15, 0.2) is 11.3 Å². The summed E-state index contributed by atoms with van der Waals surface area (Å²) in [5, 5.41) is 13.7. The number of carbonyl (C=O) groups is 1. The molecule has 1 saturated heterocycles. The van der Waals surface area contributed by atoms with Gasteiger partial charge in [-0.15, -0.1) is 0 Å². The summed E-state index contributed by atoms with van der Waals surface area (Å²) in [4.78, 5) is 13.4. The molecule has 6 nitrogen and oxygen atoms in total. The number of amides is 1. The van der Waals surface area contributed by atoms with Gasteiger partial charge >= 0.3 is 11.6 Å². The van der Waals surface area contributed by atoms with E-state index in [0.29, 0.717) is 0 Å². The van der Waals surface area contributed by atoms with Gasteiger partial charge in [0.2, 0.25) is 4.91 Å². The van der Waals surface area contributed by atoms with Gasteiger partial charge in [-0.3, -0.25) is 0 Å². The van der Waals surface area contributed by atoms with Gasteiger partial charge < -0.3 is 14.8 Å². The van der Waals surface area contributed by atoms with Gasteiger partial charge in [0, 0.05) is 13.0 Å². The number of hydrogen-bond donors (Lipinski definition) is 1. The predicted octanol–water partition coefficient (Wildman–Crippen LogP) is 1.06. The van der Waals surface area contributed by atoms with Crippen LogP contribution in [0.2, 0.25) is 0 Å². The van der Waals surface area contributed by atoms with E-state index in [2.05, 4.69) is 10.0 Å². The smallest absolute Gasteiger partial charge is 0.311 e. The van der Waals surface area contributed by atoms with E-state index in [4.69, 9.17) is 5.53 Å². The second kappa shape index (κ2) is 4.93. The summed E-state index contributed by atoms with van der Waals surface area (Å²) in [6.07, 6.45) is -5.14. The number of nitrogens with zero attached hydrogens (tertiary/aromatic N) is 3. The molecular weight excluding hydrogens is 253 g/mol. The highest BCUT2D eigenvalue weighted by atomic mass is 19.3. The number of carboxylic acid groups (broad SMARTS) is 1. The summed E-state index contributed by atoms with van der Waals surface area (Å²) in [7, 11) is 0. The lowest BCUT2D eigenvalue weighted by atomic mass is 9.94. The molecule has 0 aliphatic carbocycles. The molecule has 0 aromatic heterocycles. The van der Waals surface area contributed by atoms with Crippen LogP contribution in [0.4, 0.5) is 18.0 Å². The molecule has 1 heterocycles. The van der Waals surface area contributed by atoms with Crippen LogP contribution in [-0.4, -0.2) is 35.3 Å². The molecule has 1 rings (SSSR count). The quantitative estimate of drug-likeness (QED) is 0.608. The third-order valence-electron chi connectivity index (χ3n) is 3.00. The van der Waals surface area contributed by atoms with Crippen LogP contribution in [0, 0.1) is 5.53 Å². The van der Waals surface area contributed by atoms with Gasteiger partial charge in [-0.05, 0) is 6.42 Å². The summed E-state index contributed by atoms with van der Waals surface area (Å²) >= 11 is 0. The van der Waals surface area contributed by atoms with Crippen molar-refractivity contribution in [2.45, 2.75) is 43.9 Å². The zero-order valence-corrected chi connectivity index (χ0v) is 9.70. The van der Waals surface area contributed by atoms with E-state index < -0.39 is 36.8 Å². The van der Waals surface area contributed by atoms with Crippen molar-refractivity contribution in [1.82, 2.24) is 9.81 Å². The average Bonchev–Trinajstić information content (AvgIpc) is 2.53. The molecule has 0 bridgehead atoms. The highest BCUT2D eigenvalue weighted by Gasteiger charge is 2.71. The first-order valence-electron chi connectivity index (χ1n) is 5.42. The lowest BCUT2D eigenvalue weighted by Crippen LogP contribution is -2.63. The van der Waals surface area contributed by atoms with E-state index in [9.17, 15) is 23.1 Å². The minimum atomic E-state index is -3.72. The third kappa shape index (κ3) is 1.94. The van der Waals surface area contributed by atoms with Crippen LogP contribution in [0.25, 0.3) is 0 Å². The van der Waals surface area contributed by atoms with Crippen molar-refractivity contribution >= 4 is 6.09 Å². The van der Waals surface area contributed by atoms with Crippen LogP contribution in [0.15, 0.2) is 5.11 Å². The van der Waals surface area contributed by atoms with Crippen molar-refractivity contribution in [3.05, 3.63) is 0 Å². The average molecular weight is 266 g/mol. The Bertz CT molecular complexity index is 386. The highest BCUT2D eigenvalue weighted by molar-refractivity contribution is 5.65. The van der Waals surface area contributed by atoms with E-state index in [-0.39, 0.29) is 17.7 Å². The third-order valence-corrected chi connectivity index (χ3v) is 3.00. The van der Waals surface area contributed by atoms with E-state index in [1.54, 1.807) is 6.92 Å². The van der Waals surface area contributed by atoms with Gasteiger partial charge in [-0.25, -0.2) is 13.2 Å². The SMILES string of the molecule is CCCC(F)C1(N=[N+]=N)N(C(=O)[O-])CCC1(F)F. The van der Waals surface area contributed by atoms with Crippen molar-refractivity contribution in [1.29, 1.82) is 5.53 Å². The van der Waals surface area contributed by atoms with Gasteiger partial charge in [-0.2, -0.15) is 0 Å². The monoisotopic (exact) mass is 266 g/mol. The second-order valence-corrected chi connectivity index (χ2v) is 4.05. The van der Waals surface area contributed by atoms with Gasteiger partial charge in [0.25, 0.3) is 0 Å². The van der Waals surface area contributed by atoms with E-state index in [0.717, 1.165) is 0 Å². The Hall–Kier alpha value is -1.63. The van der Waals surface area contributed by atoms with Gasteiger partial charge in [0.1, 0.15) is 11.6 Å². The fourth-order valence-corrected chi connectivity index (χ4v) is 2.15. The van der Waals surface area contributed by atoms with Crippen LogP contribution in [0.5, 0.6) is 0 Å². The minimum absolute atomic E-state index is 0.130. The lowest BCUT2D eigenvalue weighted by molar-refractivity contribution is -0.277. The molecule has 1 aliphatic heterocycles.